The van der Waals surface area contributed by atoms with Gasteiger partial charge in [0.2, 0.25) is 0 Å². The topological polar surface area (TPSA) is 28.2 Å². The minimum absolute atomic E-state index is 0.732. The van der Waals surface area contributed by atoms with Crippen molar-refractivity contribution in [2.75, 3.05) is 11.9 Å². The highest BCUT2D eigenvalue weighted by molar-refractivity contribution is 7.15. The van der Waals surface area contributed by atoms with Crippen LogP contribution in [0.4, 0.5) is 5.13 Å². The van der Waals surface area contributed by atoms with E-state index in [4.69, 9.17) is 16.6 Å². The first kappa shape index (κ1) is 14.8. The molecule has 1 saturated carbocycles. The third-order valence-corrected chi connectivity index (χ3v) is 5.34. The first-order chi connectivity index (χ1) is 10.1. The summed E-state index contributed by atoms with van der Waals surface area (Å²) in [7, 11) is 2.07. The maximum absolute atomic E-state index is 6.23. The molecule has 1 heterocycles. The molecule has 1 aliphatic carbocycles. The van der Waals surface area contributed by atoms with Gasteiger partial charge in [0.15, 0.2) is 5.13 Å². The molecule has 0 saturated heterocycles. The van der Waals surface area contributed by atoms with E-state index >= 15 is 0 Å². The van der Waals surface area contributed by atoms with Crippen LogP contribution in [0, 0.1) is 6.92 Å². The number of anilines is 1. The lowest BCUT2D eigenvalue weighted by Gasteiger charge is -2.16. The average molecular weight is 322 g/mol. The summed E-state index contributed by atoms with van der Waals surface area (Å²) in [6.07, 6.45) is 2.63. The lowest BCUT2D eigenvalue weighted by molar-refractivity contribution is 0.691. The number of aromatic nitrogens is 1. The number of halogens is 1. The van der Waals surface area contributed by atoms with E-state index in [2.05, 4.69) is 30.3 Å². The van der Waals surface area contributed by atoms with Gasteiger partial charge < -0.3 is 10.2 Å². The second-order valence-electron chi connectivity index (χ2n) is 5.61. The maximum Gasteiger partial charge on any atom is 0.185 e. The monoisotopic (exact) mass is 321 g/mol. The van der Waals surface area contributed by atoms with E-state index in [1.165, 1.54) is 17.7 Å². The molecule has 1 aliphatic rings. The Labute approximate surface area is 135 Å². The van der Waals surface area contributed by atoms with Crippen molar-refractivity contribution in [1.29, 1.82) is 0 Å². The second kappa shape index (κ2) is 6.34. The smallest absolute Gasteiger partial charge is 0.185 e. The van der Waals surface area contributed by atoms with Crippen molar-refractivity contribution < 1.29 is 0 Å². The van der Waals surface area contributed by atoms with Crippen molar-refractivity contribution in [1.82, 2.24) is 10.3 Å². The summed E-state index contributed by atoms with van der Waals surface area (Å²) >= 11 is 8.00. The van der Waals surface area contributed by atoms with Crippen LogP contribution in [0.5, 0.6) is 0 Å². The summed E-state index contributed by atoms with van der Waals surface area (Å²) in [5.74, 6) is 0. The highest BCUT2D eigenvalue weighted by Gasteiger charge is 2.21. The molecule has 0 spiro atoms. The lowest BCUT2D eigenvalue weighted by Crippen LogP contribution is -2.16. The molecular weight excluding hydrogens is 302 g/mol. The minimum Gasteiger partial charge on any atom is -0.347 e. The van der Waals surface area contributed by atoms with E-state index in [1.54, 1.807) is 11.3 Å². The standard InChI is InChI=1S/C16H20ClN3S/c1-11-15(9-18-13-7-8-13)21-16(19-11)20(2)10-12-5-3-4-6-14(12)17/h3-6,13,18H,7-10H2,1-2H3. The summed E-state index contributed by atoms with van der Waals surface area (Å²) in [5, 5.41) is 5.42. The van der Waals surface area contributed by atoms with E-state index in [0.717, 1.165) is 40.5 Å². The van der Waals surface area contributed by atoms with Gasteiger partial charge in [-0.2, -0.15) is 0 Å². The first-order valence-electron chi connectivity index (χ1n) is 7.27. The van der Waals surface area contributed by atoms with Crippen molar-refractivity contribution in [3.05, 3.63) is 45.4 Å². The molecule has 0 aliphatic heterocycles. The quantitative estimate of drug-likeness (QED) is 0.872. The Bertz CT molecular complexity index is 622. The zero-order valence-corrected chi connectivity index (χ0v) is 14.0. The van der Waals surface area contributed by atoms with Gasteiger partial charge in [0.25, 0.3) is 0 Å². The molecule has 0 radical (unpaired) electrons. The van der Waals surface area contributed by atoms with E-state index in [9.17, 15) is 0 Å². The van der Waals surface area contributed by atoms with Crippen LogP contribution in [-0.4, -0.2) is 18.1 Å². The summed E-state index contributed by atoms with van der Waals surface area (Å²) in [4.78, 5) is 8.20. The van der Waals surface area contributed by atoms with Gasteiger partial charge in [-0.3, -0.25) is 0 Å². The fourth-order valence-electron chi connectivity index (χ4n) is 2.21. The summed E-state index contributed by atoms with van der Waals surface area (Å²) in [6, 6.07) is 8.71. The van der Waals surface area contributed by atoms with Gasteiger partial charge in [0.05, 0.1) is 5.69 Å². The number of rotatable bonds is 6. The van der Waals surface area contributed by atoms with Gasteiger partial charge in [-0.1, -0.05) is 29.8 Å². The van der Waals surface area contributed by atoms with Gasteiger partial charge in [-0.05, 0) is 31.4 Å². The number of hydrogen-bond acceptors (Lipinski definition) is 4. The van der Waals surface area contributed by atoms with Crippen LogP contribution in [0.15, 0.2) is 24.3 Å². The molecule has 3 rings (SSSR count). The molecule has 21 heavy (non-hydrogen) atoms. The van der Waals surface area contributed by atoms with Crippen LogP contribution in [0.1, 0.15) is 29.0 Å². The Kier molecular flexibility index (Phi) is 4.48. The summed E-state index contributed by atoms with van der Waals surface area (Å²) in [6.45, 7) is 3.81. The largest absolute Gasteiger partial charge is 0.347 e. The second-order valence-corrected chi connectivity index (χ2v) is 7.08. The molecule has 0 atom stereocenters. The third-order valence-electron chi connectivity index (χ3n) is 3.70. The van der Waals surface area contributed by atoms with Gasteiger partial charge >= 0.3 is 0 Å². The first-order valence-corrected chi connectivity index (χ1v) is 8.47. The molecular formula is C16H20ClN3S. The molecule has 1 aromatic heterocycles. The molecule has 5 heteroatoms. The van der Waals surface area contributed by atoms with Crippen LogP contribution in [0.25, 0.3) is 0 Å². The van der Waals surface area contributed by atoms with Crippen molar-refractivity contribution in [2.45, 2.75) is 38.9 Å². The fourth-order valence-corrected chi connectivity index (χ4v) is 3.38. The van der Waals surface area contributed by atoms with Crippen molar-refractivity contribution in [3.63, 3.8) is 0 Å². The predicted molar refractivity (Wildman–Crippen MR) is 90.3 cm³/mol. The summed E-state index contributed by atoms with van der Waals surface area (Å²) < 4.78 is 0. The number of aryl methyl sites for hydroxylation is 1. The van der Waals surface area contributed by atoms with Crippen LogP contribution in [0.3, 0.4) is 0 Å². The Hall–Kier alpha value is -1.10. The zero-order valence-electron chi connectivity index (χ0n) is 12.4. The number of hydrogen-bond donors (Lipinski definition) is 1. The molecule has 0 bridgehead atoms. The molecule has 1 aromatic carbocycles. The molecule has 3 nitrogen and oxygen atoms in total. The SMILES string of the molecule is Cc1nc(N(C)Cc2ccccc2Cl)sc1CNC1CC1. The molecule has 2 aromatic rings. The Morgan fingerprint density at radius 1 is 1.38 bits per heavy atom. The third kappa shape index (κ3) is 3.76. The number of nitrogens with one attached hydrogen (secondary N) is 1. The summed E-state index contributed by atoms with van der Waals surface area (Å²) in [5.41, 5.74) is 2.27. The number of nitrogens with zero attached hydrogens (tertiary/aromatic N) is 2. The number of benzene rings is 1. The Balaban J connectivity index is 1.67. The lowest BCUT2D eigenvalue weighted by atomic mass is 10.2. The van der Waals surface area contributed by atoms with Crippen LogP contribution >= 0.6 is 22.9 Å². The highest BCUT2D eigenvalue weighted by Crippen LogP contribution is 2.28. The van der Waals surface area contributed by atoms with E-state index in [-0.39, 0.29) is 0 Å². The minimum atomic E-state index is 0.732. The normalized spacial score (nSPS) is 14.4. The van der Waals surface area contributed by atoms with Crippen molar-refractivity contribution >= 4 is 28.1 Å². The zero-order chi connectivity index (χ0) is 14.8. The van der Waals surface area contributed by atoms with Crippen molar-refractivity contribution in [2.24, 2.45) is 0 Å². The van der Waals surface area contributed by atoms with Crippen molar-refractivity contribution in [3.8, 4) is 0 Å². The molecule has 112 valence electrons. The van der Waals surface area contributed by atoms with E-state index in [0.29, 0.717) is 0 Å². The Morgan fingerprint density at radius 2 is 2.14 bits per heavy atom. The van der Waals surface area contributed by atoms with Gasteiger partial charge in [0.1, 0.15) is 0 Å². The van der Waals surface area contributed by atoms with Crippen LogP contribution in [0.2, 0.25) is 5.02 Å². The average Bonchev–Trinajstić information content (AvgIpc) is 3.22. The molecule has 0 unspecified atom stereocenters. The predicted octanol–water partition coefficient (Wildman–Crippen LogP) is 3.99. The molecule has 1 fully saturated rings. The molecule has 0 amide bonds. The van der Waals surface area contributed by atoms with Gasteiger partial charge in [0, 0.05) is 36.1 Å². The van der Waals surface area contributed by atoms with Gasteiger partial charge in [-0.25, -0.2) is 4.98 Å². The fraction of sp³-hybridized carbons (Fsp3) is 0.438. The van der Waals surface area contributed by atoms with Crippen LogP contribution in [-0.2, 0) is 13.1 Å². The number of thiazole rings is 1. The van der Waals surface area contributed by atoms with Crippen LogP contribution < -0.4 is 10.2 Å². The Morgan fingerprint density at radius 3 is 2.86 bits per heavy atom. The molecule has 1 N–H and O–H groups in total. The van der Waals surface area contributed by atoms with E-state index < -0.39 is 0 Å². The van der Waals surface area contributed by atoms with Gasteiger partial charge in [-0.15, -0.1) is 11.3 Å². The highest BCUT2D eigenvalue weighted by atomic mass is 35.5. The maximum atomic E-state index is 6.23. The van der Waals surface area contributed by atoms with E-state index in [1.807, 2.05) is 18.2 Å².